The molecule has 0 radical (unpaired) electrons. The molecule has 26 heavy (non-hydrogen) atoms. The number of nitrogens with zero attached hydrogens (tertiary/aromatic N) is 2. The van der Waals surface area contributed by atoms with Crippen LogP contribution in [0.3, 0.4) is 0 Å². The third-order valence-corrected chi connectivity index (χ3v) is 4.38. The molecule has 5 nitrogen and oxygen atoms in total. The highest BCUT2D eigenvalue weighted by atomic mass is 127. The Balaban J connectivity index is 0.00000338. The van der Waals surface area contributed by atoms with Crippen molar-refractivity contribution in [1.82, 2.24) is 15.5 Å². The van der Waals surface area contributed by atoms with Gasteiger partial charge in [-0.1, -0.05) is 17.7 Å². The van der Waals surface area contributed by atoms with E-state index in [1.165, 1.54) is 12.8 Å². The highest BCUT2D eigenvalue weighted by Gasteiger charge is 2.17. The van der Waals surface area contributed by atoms with Crippen molar-refractivity contribution >= 4 is 29.9 Å². The molecule has 0 amide bonds. The Morgan fingerprint density at radius 3 is 2.81 bits per heavy atom. The number of halogens is 3. The van der Waals surface area contributed by atoms with Crippen molar-refractivity contribution in [2.24, 2.45) is 10.9 Å². The number of aliphatic imine (C=N–C) groups is 1. The van der Waals surface area contributed by atoms with Gasteiger partial charge in [0.05, 0.1) is 0 Å². The second kappa shape index (κ2) is 11.5. The SMILES string of the molecule is CN=C(NCc1cc(C)ccc1OC(F)F)NCC1CCCN(C)C1.I. The summed E-state index contributed by atoms with van der Waals surface area (Å²) in [4.78, 5) is 6.55. The molecule has 1 saturated heterocycles. The Hall–Kier alpha value is -1.16. The van der Waals surface area contributed by atoms with E-state index in [2.05, 4.69) is 32.3 Å². The molecule has 0 spiro atoms. The first kappa shape index (κ1) is 22.9. The molecule has 1 aromatic carbocycles. The van der Waals surface area contributed by atoms with Gasteiger partial charge >= 0.3 is 6.61 Å². The van der Waals surface area contributed by atoms with Gasteiger partial charge in [0.1, 0.15) is 5.75 Å². The van der Waals surface area contributed by atoms with Crippen LogP contribution in [-0.2, 0) is 6.54 Å². The summed E-state index contributed by atoms with van der Waals surface area (Å²) in [6.45, 7) is 2.54. The predicted molar refractivity (Wildman–Crippen MR) is 112 cm³/mol. The van der Waals surface area contributed by atoms with Crippen LogP contribution in [0.15, 0.2) is 23.2 Å². The fourth-order valence-corrected chi connectivity index (χ4v) is 3.14. The molecule has 0 bridgehead atoms. The van der Waals surface area contributed by atoms with E-state index < -0.39 is 6.61 Å². The summed E-state index contributed by atoms with van der Waals surface area (Å²) in [5.74, 6) is 1.45. The van der Waals surface area contributed by atoms with Crippen LogP contribution < -0.4 is 15.4 Å². The monoisotopic (exact) mass is 482 g/mol. The number of nitrogens with one attached hydrogen (secondary N) is 2. The quantitative estimate of drug-likeness (QED) is 0.372. The fourth-order valence-electron chi connectivity index (χ4n) is 3.14. The molecule has 1 aromatic rings. The number of likely N-dealkylation sites (tertiary alicyclic amines) is 1. The molecule has 1 heterocycles. The summed E-state index contributed by atoms with van der Waals surface area (Å²) in [5.41, 5.74) is 1.67. The van der Waals surface area contributed by atoms with Crippen molar-refractivity contribution in [1.29, 1.82) is 0 Å². The number of hydrogen-bond acceptors (Lipinski definition) is 3. The Morgan fingerprint density at radius 2 is 2.15 bits per heavy atom. The average molecular weight is 482 g/mol. The molecule has 2 N–H and O–H groups in total. The molecular weight excluding hydrogens is 453 g/mol. The first-order chi connectivity index (χ1) is 12.0. The minimum absolute atomic E-state index is 0. The van der Waals surface area contributed by atoms with Crippen molar-refractivity contribution in [2.75, 3.05) is 33.7 Å². The Kier molecular flexibility index (Phi) is 10.1. The van der Waals surface area contributed by atoms with E-state index in [1.54, 1.807) is 19.2 Å². The predicted octanol–water partition coefficient (Wildman–Crippen LogP) is 3.22. The van der Waals surface area contributed by atoms with Gasteiger partial charge in [0, 0.05) is 32.2 Å². The molecular formula is C18H29F2IN4O. The van der Waals surface area contributed by atoms with Gasteiger partial charge < -0.3 is 20.3 Å². The van der Waals surface area contributed by atoms with E-state index in [9.17, 15) is 8.78 Å². The van der Waals surface area contributed by atoms with Crippen molar-refractivity contribution in [3.63, 3.8) is 0 Å². The Bertz CT molecular complexity index is 586. The zero-order valence-electron chi connectivity index (χ0n) is 15.6. The zero-order valence-corrected chi connectivity index (χ0v) is 17.9. The minimum Gasteiger partial charge on any atom is -0.434 e. The van der Waals surface area contributed by atoms with Crippen LogP contribution in [0, 0.1) is 12.8 Å². The smallest absolute Gasteiger partial charge is 0.387 e. The minimum atomic E-state index is -2.83. The van der Waals surface area contributed by atoms with Crippen molar-refractivity contribution < 1.29 is 13.5 Å². The summed E-state index contributed by atoms with van der Waals surface area (Å²) in [7, 11) is 3.84. The molecule has 1 aliphatic heterocycles. The van der Waals surface area contributed by atoms with Crippen molar-refractivity contribution in [3.8, 4) is 5.75 Å². The molecule has 1 atom stereocenters. The maximum Gasteiger partial charge on any atom is 0.387 e. The second-order valence-electron chi connectivity index (χ2n) is 6.57. The normalized spacial score (nSPS) is 18.4. The molecule has 0 aromatic heterocycles. The highest BCUT2D eigenvalue weighted by Crippen LogP contribution is 2.22. The first-order valence-corrected chi connectivity index (χ1v) is 8.65. The first-order valence-electron chi connectivity index (χ1n) is 8.65. The lowest BCUT2D eigenvalue weighted by Crippen LogP contribution is -2.43. The number of alkyl halides is 2. The van der Waals surface area contributed by atoms with Gasteiger partial charge in [0.25, 0.3) is 0 Å². The van der Waals surface area contributed by atoms with Gasteiger partial charge in [-0.25, -0.2) is 0 Å². The molecule has 2 rings (SSSR count). The number of benzene rings is 1. The van der Waals surface area contributed by atoms with Crippen LogP contribution >= 0.6 is 24.0 Å². The molecule has 1 fully saturated rings. The van der Waals surface area contributed by atoms with Crippen LogP contribution in [0.4, 0.5) is 8.78 Å². The van der Waals surface area contributed by atoms with Crippen molar-refractivity contribution in [2.45, 2.75) is 32.9 Å². The van der Waals surface area contributed by atoms with Crippen molar-refractivity contribution in [3.05, 3.63) is 29.3 Å². The third kappa shape index (κ3) is 7.61. The van der Waals surface area contributed by atoms with E-state index in [1.807, 2.05) is 13.0 Å². The number of aryl methyl sites for hydroxylation is 1. The average Bonchev–Trinajstić information content (AvgIpc) is 2.57. The summed E-state index contributed by atoms with van der Waals surface area (Å²) in [6, 6.07) is 5.18. The van der Waals surface area contributed by atoms with Gasteiger partial charge in [-0.2, -0.15) is 8.78 Å². The topological polar surface area (TPSA) is 48.9 Å². The largest absolute Gasteiger partial charge is 0.434 e. The molecule has 148 valence electrons. The summed E-state index contributed by atoms with van der Waals surface area (Å²) >= 11 is 0. The lowest BCUT2D eigenvalue weighted by molar-refractivity contribution is -0.0504. The number of ether oxygens (including phenoxy) is 1. The van der Waals surface area contributed by atoms with Crippen LogP contribution in [-0.4, -0.2) is 51.2 Å². The lowest BCUT2D eigenvalue weighted by atomic mass is 9.99. The second-order valence-corrected chi connectivity index (χ2v) is 6.57. The van der Waals surface area contributed by atoms with Gasteiger partial charge in [-0.15, -0.1) is 24.0 Å². The number of hydrogen-bond donors (Lipinski definition) is 2. The summed E-state index contributed by atoms with van der Waals surface area (Å²) in [5, 5.41) is 6.51. The highest BCUT2D eigenvalue weighted by molar-refractivity contribution is 14.0. The lowest BCUT2D eigenvalue weighted by Gasteiger charge is -2.30. The third-order valence-electron chi connectivity index (χ3n) is 4.38. The van der Waals surface area contributed by atoms with Crippen LogP contribution in [0.5, 0.6) is 5.75 Å². The van der Waals surface area contributed by atoms with Gasteiger partial charge in [-0.3, -0.25) is 4.99 Å². The molecule has 1 aliphatic rings. The summed E-state index contributed by atoms with van der Waals surface area (Å²) in [6.07, 6.45) is 2.42. The van der Waals surface area contributed by atoms with Crippen LogP contribution in [0.2, 0.25) is 0 Å². The van der Waals surface area contributed by atoms with Crippen LogP contribution in [0.25, 0.3) is 0 Å². The molecule has 8 heteroatoms. The number of rotatable bonds is 6. The van der Waals surface area contributed by atoms with E-state index >= 15 is 0 Å². The Morgan fingerprint density at radius 1 is 1.38 bits per heavy atom. The summed E-state index contributed by atoms with van der Waals surface area (Å²) < 4.78 is 29.7. The van der Waals surface area contributed by atoms with Gasteiger partial charge in [0.15, 0.2) is 5.96 Å². The van der Waals surface area contributed by atoms with E-state index in [4.69, 9.17) is 0 Å². The standard InChI is InChI=1S/C18H28F2N4O.HI/c1-13-6-7-16(25-17(19)20)15(9-13)11-23-18(21-2)22-10-14-5-4-8-24(3)12-14;/h6-7,9,14,17H,4-5,8,10-12H2,1-3H3,(H2,21,22,23);1H. The molecule has 1 unspecified atom stereocenters. The zero-order chi connectivity index (χ0) is 18.2. The Labute approximate surface area is 171 Å². The van der Waals surface area contributed by atoms with Gasteiger partial charge in [0.2, 0.25) is 0 Å². The fraction of sp³-hybridized carbons (Fsp3) is 0.611. The number of piperidine rings is 1. The van der Waals surface area contributed by atoms with E-state index in [0.29, 0.717) is 24.0 Å². The number of guanidine groups is 1. The molecule has 0 aliphatic carbocycles. The van der Waals surface area contributed by atoms with E-state index in [-0.39, 0.29) is 29.7 Å². The van der Waals surface area contributed by atoms with Gasteiger partial charge in [-0.05, 0) is 45.3 Å². The van der Waals surface area contributed by atoms with Crippen LogP contribution in [0.1, 0.15) is 24.0 Å². The molecule has 0 saturated carbocycles. The maximum absolute atomic E-state index is 12.5. The van der Waals surface area contributed by atoms with E-state index in [0.717, 1.165) is 25.2 Å². The maximum atomic E-state index is 12.5.